The van der Waals surface area contributed by atoms with Crippen LogP contribution >= 0.6 is 48.6 Å². The average Bonchev–Trinajstić information content (AvgIpc) is 3.34. The van der Waals surface area contributed by atoms with Crippen LogP contribution in [0.4, 0.5) is 5.82 Å². The molecule has 0 amide bonds. The van der Waals surface area contributed by atoms with Crippen LogP contribution in [0.2, 0.25) is 0 Å². The minimum absolute atomic E-state index is 0. The molecule has 4 N–H and O–H groups in total. The molecule has 0 atom stereocenters. The maximum atomic E-state index is 6.44. The van der Waals surface area contributed by atoms with Crippen molar-refractivity contribution in [3.8, 4) is 16.2 Å². The molecule has 12 heteroatoms. The number of aryl methyl sites for hydroxylation is 1. The molecule has 192 valence electrons. The average molecular weight is 561 g/mol. The van der Waals surface area contributed by atoms with Crippen LogP contribution in [-0.2, 0) is 13.1 Å². The monoisotopic (exact) mass is 559 g/mol. The standard InChI is InChI=1S/C23H29N7OS.3ClH/c1-14-8-15-10-19(32-22(15)18(9-14)31-3)20-16(11-25-2)17(12-29-6-4-26-5-7-29)30-21(20)23(24)27-13-28-30;;;/h8-10,13,25-26H,4-7,11-12H2,1-3H3,(H2,24,27,28);3*1H. The van der Waals surface area contributed by atoms with Gasteiger partial charge in [-0.25, -0.2) is 9.50 Å². The molecule has 35 heavy (non-hydrogen) atoms. The number of nitrogens with zero attached hydrogens (tertiary/aromatic N) is 4. The number of thiophene rings is 1. The second-order valence-corrected chi connectivity index (χ2v) is 9.31. The minimum atomic E-state index is 0. The second kappa shape index (κ2) is 12.4. The van der Waals surface area contributed by atoms with Crippen molar-refractivity contribution >= 4 is 70.0 Å². The lowest BCUT2D eigenvalue weighted by Gasteiger charge is -2.27. The Bertz CT molecular complexity index is 1290. The lowest BCUT2D eigenvalue weighted by Crippen LogP contribution is -2.43. The van der Waals surface area contributed by atoms with E-state index >= 15 is 0 Å². The maximum absolute atomic E-state index is 6.44. The zero-order chi connectivity index (χ0) is 22.2. The van der Waals surface area contributed by atoms with Gasteiger partial charge >= 0.3 is 0 Å². The van der Waals surface area contributed by atoms with Crippen LogP contribution in [0.25, 0.3) is 26.0 Å². The Morgan fingerprint density at radius 1 is 1.17 bits per heavy atom. The summed E-state index contributed by atoms with van der Waals surface area (Å²) in [4.78, 5) is 7.96. The van der Waals surface area contributed by atoms with Crippen molar-refractivity contribution in [2.24, 2.45) is 0 Å². The Morgan fingerprint density at radius 3 is 2.60 bits per heavy atom. The fourth-order valence-corrected chi connectivity index (χ4v) is 5.84. The summed E-state index contributed by atoms with van der Waals surface area (Å²) in [6.45, 7) is 7.68. The predicted octanol–water partition coefficient (Wildman–Crippen LogP) is 3.90. The van der Waals surface area contributed by atoms with Crippen LogP contribution in [0.3, 0.4) is 0 Å². The molecule has 8 nitrogen and oxygen atoms in total. The van der Waals surface area contributed by atoms with E-state index in [1.54, 1.807) is 24.8 Å². The molecule has 5 rings (SSSR count). The van der Waals surface area contributed by atoms with Crippen molar-refractivity contribution in [1.29, 1.82) is 0 Å². The molecular formula is C23H32Cl3N7OS. The van der Waals surface area contributed by atoms with Crippen molar-refractivity contribution in [1.82, 2.24) is 30.1 Å². The number of nitrogens with one attached hydrogen (secondary N) is 2. The lowest BCUT2D eigenvalue weighted by atomic mass is 10.1. The van der Waals surface area contributed by atoms with E-state index in [2.05, 4.69) is 50.7 Å². The van der Waals surface area contributed by atoms with Crippen LogP contribution in [0.1, 0.15) is 16.8 Å². The van der Waals surface area contributed by atoms with E-state index in [9.17, 15) is 0 Å². The van der Waals surface area contributed by atoms with Gasteiger partial charge in [-0.05, 0) is 42.6 Å². The zero-order valence-corrected chi connectivity index (χ0v) is 23.2. The van der Waals surface area contributed by atoms with Gasteiger partial charge < -0.3 is 21.1 Å². The number of nitrogen functional groups attached to an aromatic ring is 1. The third kappa shape index (κ3) is 5.46. The smallest absolute Gasteiger partial charge is 0.152 e. The topological polar surface area (TPSA) is 92.7 Å². The first-order chi connectivity index (χ1) is 15.6. The second-order valence-electron chi connectivity index (χ2n) is 8.26. The normalized spacial score (nSPS) is 13.8. The first-order valence-corrected chi connectivity index (χ1v) is 11.7. The Morgan fingerprint density at radius 2 is 1.91 bits per heavy atom. The minimum Gasteiger partial charge on any atom is -0.495 e. The van der Waals surface area contributed by atoms with Crippen molar-refractivity contribution in [3.05, 3.63) is 41.3 Å². The van der Waals surface area contributed by atoms with Crippen LogP contribution in [-0.4, -0.2) is 59.8 Å². The van der Waals surface area contributed by atoms with Gasteiger partial charge in [-0.2, -0.15) is 5.10 Å². The van der Waals surface area contributed by atoms with Gasteiger partial charge in [0.1, 0.15) is 17.6 Å². The van der Waals surface area contributed by atoms with E-state index < -0.39 is 0 Å². The number of ether oxygens (including phenoxy) is 1. The largest absolute Gasteiger partial charge is 0.495 e. The third-order valence-corrected chi connectivity index (χ3v) is 7.27. The van der Waals surface area contributed by atoms with Gasteiger partial charge in [0.15, 0.2) is 5.82 Å². The highest BCUT2D eigenvalue weighted by Gasteiger charge is 2.25. The number of nitrogens with two attached hydrogens (primary N) is 1. The summed E-state index contributed by atoms with van der Waals surface area (Å²) < 4.78 is 8.82. The van der Waals surface area contributed by atoms with Gasteiger partial charge in [0.05, 0.1) is 17.5 Å². The number of piperazine rings is 1. The molecule has 4 heterocycles. The molecule has 1 saturated heterocycles. The fourth-order valence-electron chi connectivity index (χ4n) is 4.64. The lowest BCUT2D eigenvalue weighted by molar-refractivity contribution is 0.228. The number of methoxy groups -OCH3 is 1. The third-order valence-electron chi connectivity index (χ3n) is 6.09. The highest BCUT2D eigenvalue weighted by atomic mass is 35.5. The summed E-state index contributed by atoms with van der Waals surface area (Å²) in [5, 5.41) is 12.6. The van der Waals surface area contributed by atoms with Gasteiger partial charge in [0.25, 0.3) is 0 Å². The number of anilines is 1. The van der Waals surface area contributed by atoms with E-state index in [-0.39, 0.29) is 37.2 Å². The summed E-state index contributed by atoms with van der Waals surface area (Å²) in [5.74, 6) is 1.40. The SMILES string of the molecule is CNCc1c(-c2cc3cc(C)cc(OC)c3s2)c2c(N)ncnn2c1CN1CCNCC1.Cl.Cl.Cl. The Balaban J connectivity index is 0.00000144. The van der Waals surface area contributed by atoms with Gasteiger partial charge in [0.2, 0.25) is 0 Å². The first kappa shape index (κ1) is 29.4. The summed E-state index contributed by atoms with van der Waals surface area (Å²) in [5.41, 5.74) is 12.0. The number of fused-ring (bicyclic) bond motifs is 2. The molecule has 0 radical (unpaired) electrons. The van der Waals surface area contributed by atoms with Gasteiger partial charge in [-0.15, -0.1) is 48.6 Å². The molecule has 0 aliphatic carbocycles. The number of benzene rings is 1. The van der Waals surface area contributed by atoms with Crippen molar-refractivity contribution < 1.29 is 4.74 Å². The van der Waals surface area contributed by atoms with E-state index in [1.807, 2.05) is 11.6 Å². The molecule has 0 bridgehead atoms. The molecule has 0 unspecified atom stereocenters. The van der Waals surface area contributed by atoms with Gasteiger partial charge in [-0.1, -0.05) is 6.07 Å². The van der Waals surface area contributed by atoms with Crippen LogP contribution in [0, 0.1) is 6.92 Å². The number of hydrogen-bond acceptors (Lipinski definition) is 8. The summed E-state index contributed by atoms with van der Waals surface area (Å²) >= 11 is 1.73. The van der Waals surface area contributed by atoms with Crippen molar-refractivity contribution in [2.75, 3.05) is 46.1 Å². The van der Waals surface area contributed by atoms with Crippen molar-refractivity contribution in [2.45, 2.75) is 20.0 Å². The van der Waals surface area contributed by atoms with Gasteiger partial charge in [-0.3, -0.25) is 4.90 Å². The number of hydrogen-bond donors (Lipinski definition) is 3. The fraction of sp³-hybridized carbons (Fsp3) is 0.391. The Kier molecular flexibility index (Phi) is 10.4. The Labute approximate surface area is 227 Å². The molecule has 0 saturated carbocycles. The molecule has 4 aromatic rings. The predicted molar refractivity (Wildman–Crippen MR) is 152 cm³/mol. The highest BCUT2D eigenvalue weighted by Crippen LogP contribution is 2.44. The molecule has 0 spiro atoms. The number of halogens is 3. The van der Waals surface area contributed by atoms with E-state index in [0.717, 1.165) is 65.7 Å². The molecule has 1 aliphatic heterocycles. The summed E-state index contributed by atoms with van der Waals surface area (Å²) in [6.07, 6.45) is 1.55. The molecule has 1 fully saturated rings. The molecule has 1 aliphatic rings. The van der Waals surface area contributed by atoms with Crippen LogP contribution < -0.4 is 21.1 Å². The molecular weight excluding hydrogens is 529 g/mol. The van der Waals surface area contributed by atoms with Crippen LogP contribution in [0.15, 0.2) is 24.5 Å². The highest BCUT2D eigenvalue weighted by molar-refractivity contribution is 7.22. The quantitative estimate of drug-likeness (QED) is 0.329. The summed E-state index contributed by atoms with van der Waals surface area (Å²) in [7, 11) is 3.71. The van der Waals surface area contributed by atoms with E-state index in [1.165, 1.54) is 22.2 Å². The zero-order valence-electron chi connectivity index (χ0n) is 20.0. The van der Waals surface area contributed by atoms with E-state index in [4.69, 9.17) is 10.5 Å². The first-order valence-electron chi connectivity index (χ1n) is 10.9. The van der Waals surface area contributed by atoms with Crippen molar-refractivity contribution in [3.63, 3.8) is 0 Å². The van der Waals surface area contributed by atoms with E-state index in [0.29, 0.717) is 5.82 Å². The molecule has 3 aromatic heterocycles. The summed E-state index contributed by atoms with van der Waals surface area (Å²) in [6, 6.07) is 6.53. The number of aromatic nitrogens is 3. The Hall–Kier alpha value is -1.85. The van der Waals surface area contributed by atoms with Crippen LogP contribution in [0.5, 0.6) is 5.75 Å². The maximum Gasteiger partial charge on any atom is 0.152 e. The number of rotatable bonds is 6. The van der Waals surface area contributed by atoms with Gasteiger partial charge in [0, 0.05) is 49.7 Å². The molecule has 1 aromatic carbocycles.